The van der Waals surface area contributed by atoms with Crippen LogP contribution in [-0.2, 0) is 4.43 Å². The molecule has 0 aromatic heterocycles. The summed E-state index contributed by atoms with van der Waals surface area (Å²) in [4.78, 5) is 0. The summed E-state index contributed by atoms with van der Waals surface area (Å²) in [6.45, 7) is 5.68. The number of hydrogen-bond acceptors (Lipinski definition) is 1. The summed E-state index contributed by atoms with van der Waals surface area (Å²) >= 11 is 0. The number of hydrogen-bond donors (Lipinski definition) is 0. The molecular weight excluding hydrogens is 140 g/mol. The Labute approximate surface area is 65.5 Å². The molecule has 0 saturated carbocycles. The Morgan fingerprint density at radius 3 is 2.80 bits per heavy atom. The molecule has 60 valence electrons. The molecule has 1 heterocycles. The molecule has 0 aromatic carbocycles. The monoisotopic (exact) mass is 158 g/mol. The van der Waals surface area contributed by atoms with Gasteiger partial charge in [0.2, 0.25) is 0 Å². The van der Waals surface area contributed by atoms with Crippen LogP contribution in [0.15, 0.2) is 0 Å². The van der Waals surface area contributed by atoms with Crippen molar-refractivity contribution in [2.24, 2.45) is 0 Å². The van der Waals surface area contributed by atoms with Crippen molar-refractivity contribution >= 4 is 9.04 Å². The van der Waals surface area contributed by atoms with Crippen molar-refractivity contribution in [1.82, 2.24) is 0 Å². The highest BCUT2D eigenvalue weighted by atomic mass is 28.3. The van der Waals surface area contributed by atoms with Crippen LogP contribution in [0.1, 0.15) is 33.1 Å². The highest BCUT2D eigenvalue weighted by molar-refractivity contribution is 6.53. The van der Waals surface area contributed by atoms with Crippen LogP contribution in [0.4, 0.5) is 0 Å². The van der Waals surface area contributed by atoms with Gasteiger partial charge in [-0.25, -0.2) is 0 Å². The number of rotatable bonds is 2. The second-order valence-corrected chi connectivity index (χ2v) is 6.42. The summed E-state index contributed by atoms with van der Waals surface area (Å²) in [5.41, 5.74) is 0.903. The topological polar surface area (TPSA) is 9.23 Å². The third-order valence-electron chi connectivity index (χ3n) is 2.49. The van der Waals surface area contributed by atoms with E-state index in [1.165, 1.54) is 25.3 Å². The largest absolute Gasteiger partial charge is 0.420 e. The molecule has 1 fully saturated rings. The van der Waals surface area contributed by atoms with E-state index in [1.54, 1.807) is 0 Å². The van der Waals surface area contributed by atoms with Gasteiger partial charge in [-0.1, -0.05) is 26.7 Å². The van der Waals surface area contributed by atoms with Crippen molar-refractivity contribution < 1.29 is 4.43 Å². The molecule has 2 heteroatoms. The molecule has 1 aliphatic heterocycles. The molecule has 0 aliphatic carbocycles. The van der Waals surface area contributed by atoms with Gasteiger partial charge in [0.1, 0.15) is 0 Å². The van der Waals surface area contributed by atoms with Crippen molar-refractivity contribution in [2.75, 3.05) is 6.61 Å². The first kappa shape index (κ1) is 8.28. The molecule has 0 amide bonds. The zero-order chi connectivity index (χ0) is 7.40. The second-order valence-electron chi connectivity index (χ2n) is 3.29. The minimum atomic E-state index is -0.720. The Morgan fingerprint density at radius 2 is 2.30 bits per heavy atom. The molecule has 0 aromatic rings. The average molecular weight is 158 g/mol. The molecule has 0 bridgehead atoms. The van der Waals surface area contributed by atoms with Crippen molar-refractivity contribution in [3.8, 4) is 0 Å². The van der Waals surface area contributed by atoms with Gasteiger partial charge in [-0.15, -0.1) is 0 Å². The van der Waals surface area contributed by atoms with Gasteiger partial charge in [-0.3, -0.25) is 0 Å². The molecule has 0 spiro atoms. The van der Waals surface area contributed by atoms with Gasteiger partial charge >= 0.3 is 0 Å². The normalized spacial score (nSPS) is 30.0. The van der Waals surface area contributed by atoms with E-state index in [4.69, 9.17) is 4.43 Å². The predicted octanol–water partition coefficient (Wildman–Crippen LogP) is 2.32. The van der Waals surface area contributed by atoms with Gasteiger partial charge in [-0.05, 0) is 18.0 Å². The molecule has 1 nitrogen and oxygen atoms in total. The zero-order valence-corrected chi connectivity index (χ0v) is 8.25. The molecule has 0 N–H and O–H groups in total. The van der Waals surface area contributed by atoms with Crippen LogP contribution in [0.2, 0.25) is 11.6 Å². The standard InChI is InChI=1S/C8H18OSi/c1-3-8(2)10-7-5-4-6-9-10/h8,10H,3-7H2,1-2H3. The Balaban J connectivity index is 2.24. The SMILES string of the molecule is CCC(C)[SiH]1CCCCO1. The van der Waals surface area contributed by atoms with Crippen LogP contribution in [0.3, 0.4) is 0 Å². The maximum absolute atomic E-state index is 5.77. The Hall–Kier alpha value is 0.177. The Bertz CT molecular complexity index is 89.3. The van der Waals surface area contributed by atoms with Crippen LogP contribution in [0.5, 0.6) is 0 Å². The minimum absolute atomic E-state index is 0.720. The van der Waals surface area contributed by atoms with E-state index in [0.717, 1.165) is 12.1 Å². The zero-order valence-electron chi connectivity index (χ0n) is 7.10. The lowest BCUT2D eigenvalue weighted by Crippen LogP contribution is -2.27. The third-order valence-corrected chi connectivity index (χ3v) is 5.88. The van der Waals surface area contributed by atoms with Gasteiger partial charge in [0.15, 0.2) is 9.04 Å². The fourth-order valence-corrected chi connectivity index (χ4v) is 4.23. The Morgan fingerprint density at radius 1 is 1.50 bits per heavy atom. The van der Waals surface area contributed by atoms with Gasteiger partial charge in [-0.2, -0.15) is 0 Å². The maximum atomic E-state index is 5.77. The quantitative estimate of drug-likeness (QED) is 0.560. The third kappa shape index (κ3) is 2.10. The van der Waals surface area contributed by atoms with E-state index in [0.29, 0.717) is 0 Å². The molecule has 2 unspecified atom stereocenters. The van der Waals surface area contributed by atoms with Crippen LogP contribution in [0, 0.1) is 0 Å². The molecular formula is C8H18OSi. The van der Waals surface area contributed by atoms with Gasteiger partial charge in [0, 0.05) is 6.61 Å². The molecule has 2 atom stereocenters. The maximum Gasteiger partial charge on any atom is 0.179 e. The fourth-order valence-electron chi connectivity index (χ4n) is 1.48. The van der Waals surface area contributed by atoms with E-state index < -0.39 is 9.04 Å². The van der Waals surface area contributed by atoms with Crippen molar-refractivity contribution in [3.05, 3.63) is 0 Å². The van der Waals surface area contributed by atoms with E-state index >= 15 is 0 Å². The highest BCUT2D eigenvalue weighted by Crippen LogP contribution is 2.23. The van der Waals surface area contributed by atoms with Crippen LogP contribution >= 0.6 is 0 Å². The summed E-state index contributed by atoms with van der Waals surface area (Å²) in [5, 5.41) is 0. The summed E-state index contributed by atoms with van der Waals surface area (Å²) in [6, 6.07) is 1.43. The first-order valence-corrected chi connectivity index (χ1v) is 6.41. The minimum Gasteiger partial charge on any atom is -0.420 e. The first-order valence-electron chi connectivity index (χ1n) is 4.46. The van der Waals surface area contributed by atoms with Crippen LogP contribution in [-0.4, -0.2) is 15.6 Å². The second kappa shape index (κ2) is 4.14. The summed E-state index contributed by atoms with van der Waals surface area (Å²) in [5.74, 6) is 0. The lowest BCUT2D eigenvalue weighted by Gasteiger charge is -2.25. The van der Waals surface area contributed by atoms with Gasteiger partial charge in [0.25, 0.3) is 0 Å². The van der Waals surface area contributed by atoms with E-state index in [2.05, 4.69) is 13.8 Å². The summed E-state index contributed by atoms with van der Waals surface area (Å²) < 4.78 is 5.77. The lowest BCUT2D eigenvalue weighted by atomic mass is 10.3. The van der Waals surface area contributed by atoms with E-state index in [-0.39, 0.29) is 0 Å². The van der Waals surface area contributed by atoms with Crippen LogP contribution in [0.25, 0.3) is 0 Å². The van der Waals surface area contributed by atoms with E-state index in [9.17, 15) is 0 Å². The van der Waals surface area contributed by atoms with E-state index in [1.807, 2.05) is 0 Å². The van der Waals surface area contributed by atoms with Crippen molar-refractivity contribution in [1.29, 1.82) is 0 Å². The molecule has 1 saturated heterocycles. The van der Waals surface area contributed by atoms with Gasteiger partial charge < -0.3 is 4.43 Å². The highest BCUT2D eigenvalue weighted by Gasteiger charge is 2.21. The fraction of sp³-hybridized carbons (Fsp3) is 1.00. The first-order chi connectivity index (χ1) is 4.84. The summed E-state index contributed by atoms with van der Waals surface area (Å²) in [6.07, 6.45) is 4.05. The Kier molecular flexibility index (Phi) is 3.42. The molecule has 1 rings (SSSR count). The molecule has 0 radical (unpaired) electrons. The van der Waals surface area contributed by atoms with Crippen molar-refractivity contribution in [3.63, 3.8) is 0 Å². The van der Waals surface area contributed by atoms with Crippen molar-refractivity contribution in [2.45, 2.75) is 44.7 Å². The van der Waals surface area contributed by atoms with Gasteiger partial charge in [0.05, 0.1) is 0 Å². The average Bonchev–Trinajstić information content (AvgIpc) is 2.05. The van der Waals surface area contributed by atoms with Crippen LogP contribution < -0.4 is 0 Å². The molecule has 10 heavy (non-hydrogen) atoms. The predicted molar refractivity (Wildman–Crippen MR) is 46.9 cm³/mol. The molecule has 1 aliphatic rings. The summed E-state index contributed by atoms with van der Waals surface area (Å²) in [7, 11) is -0.720. The lowest BCUT2D eigenvalue weighted by molar-refractivity contribution is 0.279. The smallest absolute Gasteiger partial charge is 0.179 e.